The molecule has 0 radical (unpaired) electrons. The first kappa shape index (κ1) is 17.7. The molecule has 3 rings (SSSR count). The van der Waals surface area contributed by atoms with Crippen molar-refractivity contribution >= 4 is 23.9 Å². The summed E-state index contributed by atoms with van der Waals surface area (Å²) in [4.78, 5) is 1.57. The monoisotopic (exact) mass is 354 g/mol. The summed E-state index contributed by atoms with van der Waals surface area (Å²) < 4.78 is 0. The van der Waals surface area contributed by atoms with E-state index in [2.05, 4.69) is 59.5 Å². The first-order valence-electron chi connectivity index (χ1n) is 8.80. The second-order valence-corrected chi connectivity index (χ2v) is 6.92. The number of halogens is 1. The highest BCUT2D eigenvalue weighted by molar-refractivity contribution is 6.31. The van der Waals surface area contributed by atoms with Gasteiger partial charge in [-0.15, -0.1) is 0 Å². The first-order valence-corrected chi connectivity index (χ1v) is 9.18. The van der Waals surface area contributed by atoms with Gasteiger partial charge in [0.15, 0.2) is 0 Å². The third-order valence-electron chi connectivity index (χ3n) is 4.46. The quantitative estimate of drug-likeness (QED) is 0.818. The van der Waals surface area contributed by atoms with E-state index >= 15 is 0 Å². The van der Waals surface area contributed by atoms with Gasteiger partial charge in [0.25, 0.3) is 0 Å². The summed E-state index contributed by atoms with van der Waals surface area (Å²) in [5.41, 5.74) is 3.61. The Morgan fingerprint density at radius 3 is 2.48 bits per heavy atom. The summed E-state index contributed by atoms with van der Waals surface area (Å²) in [6, 6.07) is 18.5. The van der Waals surface area contributed by atoms with Crippen LogP contribution in [-0.4, -0.2) is 37.4 Å². The zero-order chi connectivity index (χ0) is 17.5. The second-order valence-electron chi connectivity index (χ2n) is 6.52. The summed E-state index contributed by atoms with van der Waals surface area (Å²) in [6.45, 7) is 7.22. The van der Waals surface area contributed by atoms with Gasteiger partial charge in [-0.3, -0.25) is 5.01 Å². The highest BCUT2D eigenvalue weighted by Gasteiger charge is 2.19. The van der Waals surface area contributed by atoms with Crippen LogP contribution in [0.1, 0.15) is 18.1 Å². The van der Waals surface area contributed by atoms with E-state index in [1.54, 1.807) is 4.90 Å². The van der Waals surface area contributed by atoms with Crippen molar-refractivity contribution in [3.8, 4) is 0 Å². The van der Waals surface area contributed by atoms with E-state index in [1.165, 1.54) is 11.1 Å². The van der Waals surface area contributed by atoms with Crippen molar-refractivity contribution in [3.63, 3.8) is 0 Å². The van der Waals surface area contributed by atoms with Crippen LogP contribution in [-0.2, 0) is 6.54 Å². The number of hydrogen-bond donors (Lipinski definition) is 1. The first-order chi connectivity index (χ1) is 12.2. The molecular weight excluding hydrogens is 330 g/mol. The molecule has 2 aromatic carbocycles. The van der Waals surface area contributed by atoms with Crippen molar-refractivity contribution in [2.75, 3.05) is 26.2 Å². The molecule has 1 saturated heterocycles. The summed E-state index contributed by atoms with van der Waals surface area (Å²) in [5, 5.41) is 7.68. The third-order valence-corrected chi connectivity index (χ3v) is 4.83. The molecule has 0 atom stereocenters. The lowest BCUT2D eigenvalue weighted by Crippen LogP contribution is -3.13. The van der Waals surface area contributed by atoms with Gasteiger partial charge >= 0.3 is 0 Å². The van der Waals surface area contributed by atoms with E-state index in [1.807, 2.05) is 24.4 Å². The lowest BCUT2D eigenvalue weighted by Gasteiger charge is -2.30. The maximum absolute atomic E-state index is 6.27. The standard InChI is InChI=1S/C21H24ClN3/c1-18(15-19-7-3-2-4-8-19)16-23-25-13-11-24(12-14-25)17-20-9-5-6-10-21(20)22/h2-10,15-16H,11-14,17H2,1H3/p+1. The molecule has 1 heterocycles. The fraction of sp³-hybridized carbons (Fsp3) is 0.286. The van der Waals surface area contributed by atoms with Gasteiger partial charge in [-0.25, -0.2) is 0 Å². The molecular formula is C21H25ClN3+. The maximum Gasteiger partial charge on any atom is 0.104 e. The van der Waals surface area contributed by atoms with Crippen molar-refractivity contribution in [3.05, 3.63) is 76.3 Å². The lowest BCUT2D eigenvalue weighted by molar-refractivity contribution is -0.918. The van der Waals surface area contributed by atoms with Gasteiger partial charge in [0, 0.05) is 16.8 Å². The molecule has 1 N–H and O–H groups in total. The minimum absolute atomic E-state index is 0.872. The Labute approximate surface area is 155 Å². The van der Waals surface area contributed by atoms with Crippen molar-refractivity contribution < 1.29 is 4.90 Å². The predicted molar refractivity (Wildman–Crippen MR) is 106 cm³/mol. The minimum atomic E-state index is 0.872. The van der Waals surface area contributed by atoms with Crippen LogP contribution in [0.4, 0.5) is 0 Å². The van der Waals surface area contributed by atoms with Crippen molar-refractivity contribution in [2.45, 2.75) is 13.5 Å². The number of quaternary nitrogens is 1. The van der Waals surface area contributed by atoms with Gasteiger partial charge in [-0.2, -0.15) is 5.10 Å². The topological polar surface area (TPSA) is 20.0 Å². The smallest absolute Gasteiger partial charge is 0.104 e. The van der Waals surface area contributed by atoms with E-state index in [-0.39, 0.29) is 0 Å². The maximum atomic E-state index is 6.27. The molecule has 0 aliphatic carbocycles. The largest absolute Gasteiger partial charge is 0.328 e. The number of benzene rings is 2. The molecule has 0 aromatic heterocycles. The Balaban J connectivity index is 1.49. The molecule has 0 bridgehead atoms. The third kappa shape index (κ3) is 5.45. The zero-order valence-corrected chi connectivity index (χ0v) is 15.4. The molecule has 1 aliphatic heterocycles. The average Bonchev–Trinajstić information content (AvgIpc) is 2.64. The van der Waals surface area contributed by atoms with Gasteiger partial charge in [0.05, 0.1) is 26.2 Å². The Morgan fingerprint density at radius 2 is 1.76 bits per heavy atom. The van der Waals surface area contributed by atoms with Gasteiger partial charge < -0.3 is 4.90 Å². The minimum Gasteiger partial charge on any atom is -0.328 e. The molecule has 3 nitrogen and oxygen atoms in total. The fourth-order valence-electron chi connectivity index (χ4n) is 3.04. The zero-order valence-electron chi connectivity index (χ0n) is 14.7. The van der Waals surface area contributed by atoms with Crippen molar-refractivity contribution in [2.24, 2.45) is 5.10 Å². The van der Waals surface area contributed by atoms with Crippen molar-refractivity contribution in [1.29, 1.82) is 0 Å². The fourth-order valence-corrected chi connectivity index (χ4v) is 3.24. The number of nitrogens with one attached hydrogen (secondary N) is 1. The van der Waals surface area contributed by atoms with Crippen LogP contribution in [0, 0.1) is 0 Å². The Kier molecular flexibility index (Phi) is 6.26. The Morgan fingerprint density at radius 1 is 1.08 bits per heavy atom. The van der Waals surface area contributed by atoms with E-state index in [9.17, 15) is 0 Å². The summed E-state index contributed by atoms with van der Waals surface area (Å²) in [5.74, 6) is 0. The molecule has 25 heavy (non-hydrogen) atoms. The number of nitrogens with zero attached hydrogens (tertiary/aromatic N) is 2. The van der Waals surface area contributed by atoms with Gasteiger partial charge in [0.1, 0.15) is 6.54 Å². The van der Waals surface area contributed by atoms with Crippen LogP contribution < -0.4 is 4.90 Å². The molecule has 130 valence electrons. The molecule has 4 heteroatoms. The summed E-state index contributed by atoms with van der Waals surface area (Å²) >= 11 is 6.27. The van der Waals surface area contributed by atoms with E-state index < -0.39 is 0 Å². The van der Waals surface area contributed by atoms with E-state index in [0.717, 1.165) is 43.3 Å². The highest BCUT2D eigenvalue weighted by Crippen LogP contribution is 2.13. The molecule has 0 amide bonds. The van der Waals surface area contributed by atoms with Crippen molar-refractivity contribution in [1.82, 2.24) is 5.01 Å². The molecule has 2 aromatic rings. The van der Waals surface area contributed by atoms with E-state index in [4.69, 9.17) is 11.6 Å². The number of allylic oxidation sites excluding steroid dienone is 1. The van der Waals surface area contributed by atoms with Crippen LogP contribution in [0.5, 0.6) is 0 Å². The molecule has 1 fully saturated rings. The molecule has 1 aliphatic rings. The average molecular weight is 355 g/mol. The Bertz CT molecular complexity index is 732. The van der Waals surface area contributed by atoms with Crippen LogP contribution in [0.25, 0.3) is 6.08 Å². The lowest BCUT2D eigenvalue weighted by atomic mass is 10.1. The van der Waals surface area contributed by atoms with E-state index in [0.29, 0.717) is 0 Å². The SMILES string of the molecule is CC(C=NN1CC[NH+](Cc2ccccc2Cl)CC1)=Cc1ccccc1. The van der Waals surface area contributed by atoms with Gasteiger partial charge in [-0.05, 0) is 24.1 Å². The molecule has 0 spiro atoms. The second kappa shape index (κ2) is 8.84. The number of rotatable bonds is 5. The Hall–Kier alpha value is -2.10. The molecule has 0 saturated carbocycles. The van der Waals surface area contributed by atoms with Crippen LogP contribution in [0.3, 0.4) is 0 Å². The number of piperazine rings is 1. The number of hydrazone groups is 1. The van der Waals surface area contributed by atoms with Crippen LogP contribution in [0.2, 0.25) is 5.02 Å². The number of hydrogen-bond acceptors (Lipinski definition) is 2. The summed E-state index contributed by atoms with van der Waals surface area (Å²) in [6.07, 6.45) is 4.12. The van der Waals surface area contributed by atoms with Crippen LogP contribution in [0.15, 0.2) is 65.3 Å². The van der Waals surface area contributed by atoms with Crippen LogP contribution >= 0.6 is 11.6 Å². The highest BCUT2D eigenvalue weighted by atomic mass is 35.5. The summed E-state index contributed by atoms with van der Waals surface area (Å²) in [7, 11) is 0. The van der Waals surface area contributed by atoms with Gasteiger partial charge in [-0.1, -0.05) is 66.2 Å². The van der Waals surface area contributed by atoms with Gasteiger partial charge in [0.2, 0.25) is 0 Å². The normalized spacial score (nSPS) is 16.6. The molecule has 0 unspecified atom stereocenters. The predicted octanol–water partition coefficient (Wildman–Crippen LogP) is 3.13.